The van der Waals surface area contributed by atoms with E-state index in [-0.39, 0.29) is 37.3 Å². The van der Waals surface area contributed by atoms with E-state index >= 15 is 0 Å². The molecule has 2 rings (SSSR count). The molecule has 0 unspecified atom stereocenters. The lowest BCUT2D eigenvalue weighted by atomic mass is 9.84. The molecule has 0 aromatic carbocycles. The molecule has 0 spiro atoms. The van der Waals surface area contributed by atoms with E-state index in [0.717, 1.165) is 0 Å². The van der Waals surface area contributed by atoms with Gasteiger partial charge >= 0.3 is 0 Å². The average molecular weight is 156 g/mol. The summed E-state index contributed by atoms with van der Waals surface area (Å²) in [6.07, 6.45) is 4.03. The Morgan fingerprint density at radius 1 is 1.00 bits per heavy atom. The first-order chi connectivity index (χ1) is 5.36. The first-order valence-corrected chi connectivity index (χ1v) is 3.92. The summed E-state index contributed by atoms with van der Waals surface area (Å²) in [6.45, 7) is 0.216. The summed E-state index contributed by atoms with van der Waals surface area (Å²) < 4.78 is 5.45. The maximum absolute atomic E-state index is 8.96. The largest absolute Gasteiger partial charge is 0.396 e. The number of hydrogen-bond acceptors (Lipinski definition) is 3. The number of aliphatic hydroxyl groups excluding tert-OH is 2. The van der Waals surface area contributed by atoms with Gasteiger partial charge < -0.3 is 14.9 Å². The van der Waals surface area contributed by atoms with Gasteiger partial charge in [-0.1, -0.05) is 12.2 Å². The highest BCUT2D eigenvalue weighted by molar-refractivity contribution is 5.14. The molecular weight excluding hydrogens is 144 g/mol. The van der Waals surface area contributed by atoms with Crippen LogP contribution in [-0.2, 0) is 4.74 Å². The molecule has 62 valence electrons. The minimum atomic E-state index is 0.0437. The molecule has 11 heavy (non-hydrogen) atoms. The molecule has 3 nitrogen and oxygen atoms in total. The van der Waals surface area contributed by atoms with Crippen molar-refractivity contribution < 1.29 is 14.9 Å². The molecule has 0 amide bonds. The average Bonchev–Trinajstić information content (AvgIpc) is 2.60. The molecule has 3 heteroatoms. The van der Waals surface area contributed by atoms with Crippen LogP contribution in [0.1, 0.15) is 0 Å². The van der Waals surface area contributed by atoms with Crippen LogP contribution < -0.4 is 0 Å². The summed E-state index contributed by atoms with van der Waals surface area (Å²) in [7, 11) is 0. The predicted octanol–water partition coefficient (Wildman–Crippen LogP) is -0.459. The van der Waals surface area contributed by atoms with Crippen molar-refractivity contribution in [3.63, 3.8) is 0 Å². The fourth-order valence-electron chi connectivity index (χ4n) is 1.94. The lowest BCUT2D eigenvalue weighted by molar-refractivity contribution is 0.0910. The Bertz CT molecular complexity index is 160. The number of hydrogen-bond donors (Lipinski definition) is 2. The van der Waals surface area contributed by atoms with Crippen LogP contribution in [0.25, 0.3) is 0 Å². The number of fused-ring (bicyclic) bond motifs is 2. The highest BCUT2D eigenvalue weighted by Gasteiger charge is 2.44. The molecule has 2 aliphatic heterocycles. The summed E-state index contributed by atoms with van der Waals surface area (Å²) in [4.78, 5) is 0. The van der Waals surface area contributed by atoms with E-state index in [1.54, 1.807) is 0 Å². The van der Waals surface area contributed by atoms with E-state index in [1.165, 1.54) is 0 Å². The van der Waals surface area contributed by atoms with Crippen molar-refractivity contribution in [2.24, 2.45) is 11.8 Å². The highest BCUT2D eigenvalue weighted by atomic mass is 16.5. The summed E-state index contributed by atoms with van der Waals surface area (Å²) >= 11 is 0. The molecule has 0 saturated carbocycles. The van der Waals surface area contributed by atoms with Crippen LogP contribution in [0, 0.1) is 11.8 Å². The van der Waals surface area contributed by atoms with Gasteiger partial charge in [0.25, 0.3) is 0 Å². The molecule has 0 aliphatic carbocycles. The maximum Gasteiger partial charge on any atom is 0.0819 e. The summed E-state index contributed by atoms with van der Waals surface area (Å²) in [6, 6.07) is 0. The van der Waals surface area contributed by atoms with Crippen LogP contribution in [0.2, 0.25) is 0 Å². The van der Waals surface area contributed by atoms with E-state index in [9.17, 15) is 0 Å². The molecule has 0 radical (unpaired) electrons. The van der Waals surface area contributed by atoms with E-state index < -0.39 is 0 Å². The van der Waals surface area contributed by atoms with Gasteiger partial charge in [-0.25, -0.2) is 0 Å². The maximum atomic E-state index is 8.96. The minimum Gasteiger partial charge on any atom is -0.396 e. The van der Waals surface area contributed by atoms with E-state index in [0.29, 0.717) is 0 Å². The Labute approximate surface area is 65.3 Å². The summed E-state index contributed by atoms with van der Waals surface area (Å²) in [5.74, 6) is 0.213. The van der Waals surface area contributed by atoms with Gasteiger partial charge in [0.05, 0.1) is 12.2 Å². The second-order valence-corrected chi connectivity index (χ2v) is 3.14. The molecule has 2 heterocycles. The molecule has 2 aliphatic rings. The van der Waals surface area contributed by atoms with E-state index in [4.69, 9.17) is 14.9 Å². The van der Waals surface area contributed by atoms with Gasteiger partial charge in [0, 0.05) is 25.0 Å². The third kappa shape index (κ3) is 0.922. The molecule has 0 aromatic rings. The lowest BCUT2D eigenvalue weighted by Gasteiger charge is -2.20. The van der Waals surface area contributed by atoms with Gasteiger partial charge in [-0.15, -0.1) is 0 Å². The van der Waals surface area contributed by atoms with Crippen molar-refractivity contribution >= 4 is 0 Å². The Hall–Kier alpha value is -0.380. The standard InChI is InChI=1S/C8H12O3/c9-3-5-6(4-10)8-2-1-7(5)11-8/h1-2,5-10H,3-4H2/t5-,6-,7+,8+/m0/s1. The minimum absolute atomic E-state index is 0.0437. The quantitative estimate of drug-likeness (QED) is 0.532. The number of aliphatic hydroxyl groups is 2. The number of rotatable bonds is 2. The van der Waals surface area contributed by atoms with E-state index in [1.807, 2.05) is 12.2 Å². The molecule has 2 bridgehead atoms. The molecule has 2 N–H and O–H groups in total. The fraction of sp³-hybridized carbons (Fsp3) is 0.750. The van der Waals surface area contributed by atoms with Gasteiger partial charge in [0.1, 0.15) is 0 Å². The van der Waals surface area contributed by atoms with Gasteiger partial charge in [-0.2, -0.15) is 0 Å². The van der Waals surface area contributed by atoms with Gasteiger partial charge in [-0.3, -0.25) is 0 Å². The van der Waals surface area contributed by atoms with Crippen molar-refractivity contribution in [3.8, 4) is 0 Å². The van der Waals surface area contributed by atoms with Gasteiger partial charge in [0.2, 0.25) is 0 Å². The smallest absolute Gasteiger partial charge is 0.0819 e. The molecule has 4 atom stereocenters. The first kappa shape index (κ1) is 7.28. The van der Waals surface area contributed by atoms with Crippen LogP contribution in [0.15, 0.2) is 12.2 Å². The summed E-state index contributed by atoms with van der Waals surface area (Å²) in [5.41, 5.74) is 0. The third-order valence-corrected chi connectivity index (χ3v) is 2.62. The Balaban J connectivity index is 2.15. The Morgan fingerprint density at radius 2 is 1.45 bits per heavy atom. The van der Waals surface area contributed by atoms with Gasteiger partial charge in [0.15, 0.2) is 0 Å². The van der Waals surface area contributed by atoms with Crippen LogP contribution in [0.3, 0.4) is 0 Å². The first-order valence-electron chi connectivity index (χ1n) is 3.92. The zero-order chi connectivity index (χ0) is 7.84. The number of ether oxygens (including phenoxy) is 1. The normalized spacial score (nSPS) is 47.1. The van der Waals surface area contributed by atoms with Crippen molar-refractivity contribution in [2.75, 3.05) is 13.2 Å². The molecular formula is C8H12O3. The molecule has 0 aromatic heterocycles. The SMILES string of the molecule is OC[C@H]1[C@H](CO)[C@H]2C=C[C@H]1O2. The zero-order valence-corrected chi connectivity index (χ0v) is 6.18. The van der Waals surface area contributed by atoms with Crippen molar-refractivity contribution in [2.45, 2.75) is 12.2 Å². The highest BCUT2D eigenvalue weighted by Crippen LogP contribution is 2.38. The fourth-order valence-corrected chi connectivity index (χ4v) is 1.94. The predicted molar refractivity (Wildman–Crippen MR) is 39.0 cm³/mol. The topological polar surface area (TPSA) is 49.7 Å². The van der Waals surface area contributed by atoms with Gasteiger partial charge in [-0.05, 0) is 0 Å². The lowest BCUT2D eigenvalue weighted by Crippen LogP contribution is -2.29. The van der Waals surface area contributed by atoms with Crippen LogP contribution in [0.4, 0.5) is 0 Å². The second-order valence-electron chi connectivity index (χ2n) is 3.14. The third-order valence-electron chi connectivity index (χ3n) is 2.62. The van der Waals surface area contributed by atoms with Crippen molar-refractivity contribution in [1.29, 1.82) is 0 Å². The molecule has 1 fully saturated rings. The Kier molecular flexibility index (Phi) is 1.71. The van der Waals surface area contributed by atoms with Crippen LogP contribution in [-0.4, -0.2) is 35.6 Å². The Morgan fingerprint density at radius 3 is 1.82 bits per heavy atom. The summed E-state index contributed by atoms with van der Waals surface area (Å²) in [5, 5.41) is 17.9. The second kappa shape index (κ2) is 2.59. The van der Waals surface area contributed by atoms with Crippen molar-refractivity contribution in [1.82, 2.24) is 0 Å². The zero-order valence-electron chi connectivity index (χ0n) is 6.18. The van der Waals surface area contributed by atoms with Crippen LogP contribution >= 0.6 is 0 Å². The monoisotopic (exact) mass is 156 g/mol. The molecule has 1 saturated heterocycles. The van der Waals surface area contributed by atoms with Crippen LogP contribution in [0.5, 0.6) is 0 Å². The van der Waals surface area contributed by atoms with Crippen molar-refractivity contribution in [3.05, 3.63) is 12.2 Å². The van der Waals surface area contributed by atoms with E-state index in [2.05, 4.69) is 0 Å².